The minimum Gasteiger partial charge on any atom is -0.343 e. The van der Waals surface area contributed by atoms with Crippen molar-refractivity contribution < 1.29 is 18.8 Å². The molecule has 0 saturated heterocycles. The van der Waals surface area contributed by atoms with Crippen molar-refractivity contribution in [1.82, 2.24) is 16.2 Å². The molecule has 8 heteroatoms. The number of aryl methyl sites for hydroxylation is 2. The van der Waals surface area contributed by atoms with Gasteiger partial charge in [-0.05, 0) is 55.8 Å². The Balaban J connectivity index is 1.49. The van der Waals surface area contributed by atoms with Gasteiger partial charge in [0, 0.05) is 10.4 Å². The van der Waals surface area contributed by atoms with E-state index in [1.54, 1.807) is 36.4 Å². The van der Waals surface area contributed by atoms with Crippen molar-refractivity contribution in [2.75, 3.05) is 6.54 Å². The van der Waals surface area contributed by atoms with E-state index in [0.29, 0.717) is 10.4 Å². The van der Waals surface area contributed by atoms with Gasteiger partial charge in [0.2, 0.25) is 0 Å². The van der Waals surface area contributed by atoms with E-state index in [2.05, 4.69) is 16.2 Å². The fourth-order valence-electron chi connectivity index (χ4n) is 2.83. The molecule has 1 aromatic heterocycles. The lowest BCUT2D eigenvalue weighted by atomic mass is 10.1. The number of hydrogen-bond donors (Lipinski definition) is 3. The molecule has 0 aliphatic carbocycles. The highest BCUT2D eigenvalue weighted by Gasteiger charge is 2.13. The van der Waals surface area contributed by atoms with Gasteiger partial charge < -0.3 is 5.32 Å². The molecular formula is C22H20FN3O3S. The molecule has 0 aliphatic heterocycles. The number of carbonyl (C=O) groups excluding carboxylic acids is 3. The highest BCUT2D eigenvalue weighted by molar-refractivity contribution is 7.17. The van der Waals surface area contributed by atoms with Crippen LogP contribution >= 0.6 is 11.3 Å². The molecular weight excluding hydrogens is 405 g/mol. The number of rotatable bonds is 5. The molecule has 3 N–H and O–H groups in total. The summed E-state index contributed by atoms with van der Waals surface area (Å²) in [7, 11) is 0. The molecule has 154 valence electrons. The number of thiophene rings is 1. The molecule has 0 aliphatic rings. The van der Waals surface area contributed by atoms with Gasteiger partial charge in [0.25, 0.3) is 17.7 Å². The summed E-state index contributed by atoms with van der Waals surface area (Å²) < 4.78 is 13.0. The van der Waals surface area contributed by atoms with E-state index in [0.717, 1.165) is 21.6 Å². The maximum absolute atomic E-state index is 13.0. The Labute approximate surface area is 177 Å². The highest BCUT2D eigenvalue weighted by Crippen LogP contribution is 2.28. The van der Waals surface area contributed by atoms with Gasteiger partial charge in [-0.2, -0.15) is 0 Å². The molecule has 0 radical (unpaired) electrons. The summed E-state index contributed by atoms with van der Waals surface area (Å²) in [5.74, 6) is -1.75. The van der Waals surface area contributed by atoms with E-state index >= 15 is 0 Å². The molecule has 2 aromatic carbocycles. The first-order valence-corrected chi connectivity index (χ1v) is 9.95. The number of nitrogens with one attached hydrogen (secondary N) is 3. The predicted octanol–water partition coefficient (Wildman–Crippen LogP) is 3.36. The maximum Gasteiger partial charge on any atom is 0.279 e. The lowest BCUT2D eigenvalue weighted by Crippen LogP contribution is -2.46. The van der Waals surface area contributed by atoms with E-state index in [-0.39, 0.29) is 18.3 Å². The average molecular weight is 425 g/mol. The van der Waals surface area contributed by atoms with Crippen LogP contribution in [0.2, 0.25) is 0 Å². The first-order chi connectivity index (χ1) is 14.3. The van der Waals surface area contributed by atoms with Crippen LogP contribution < -0.4 is 16.2 Å². The van der Waals surface area contributed by atoms with E-state index in [4.69, 9.17) is 0 Å². The van der Waals surface area contributed by atoms with E-state index in [1.165, 1.54) is 23.5 Å². The van der Waals surface area contributed by atoms with E-state index in [1.807, 2.05) is 19.9 Å². The van der Waals surface area contributed by atoms with Gasteiger partial charge in [0.15, 0.2) is 0 Å². The quantitative estimate of drug-likeness (QED) is 0.548. The van der Waals surface area contributed by atoms with Crippen molar-refractivity contribution >= 4 is 29.1 Å². The summed E-state index contributed by atoms with van der Waals surface area (Å²) in [5.41, 5.74) is 7.75. The van der Waals surface area contributed by atoms with Crippen molar-refractivity contribution in [3.63, 3.8) is 0 Å². The monoisotopic (exact) mass is 425 g/mol. The highest BCUT2D eigenvalue weighted by atomic mass is 32.1. The summed E-state index contributed by atoms with van der Waals surface area (Å²) >= 11 is 1.21. The Hall–Kier alpha value is -3.52. The van der Waals surface area contributed by atoms with Crippen LogP contribution in [-0.4, -0.2) is 24.3 Å². The van der Waals surface area contributed by atoms with Crippen LogP contribution in [0.5, 0.6) is 0 Å². The molecule has 3 aromatic rings. The minimum absolute atomic E-state index is 0.280. The largest absolute Gasteiger partial charge is 0.343 e. The Morgan fingerprint density at radius 1 is 0.867 bits per heavy atom. The number of halogens is 1. The van der Waals surface area contributed by atoms with Gasteiger partial charge in [0.05, 0.1) is 11.4 Å². The third-order valence-corrected chi connectivity index (χ3v) is 5.30. The molecule has 3 amide bonds. The van der Waals surface area contributed by atoms with Gasteiger partial charge in [-0.15, -0.1) is 11.3 Å². The Kier molecular flexibility index (Phi) is 6.58. The van der Waals surface area contributed by atoms with Crippen LogP contribution in [0.4, 0.5) is 4.39 Å². The van der Waals surface area contributed by atoms with Gasteiger partial charge in [-0.25, -0.2) is 4.39 Å². The molecule has 0 unspecified atom stereocenters. The Morgan fingerprint density at radius 2 is 1.53 bits per heavy atom. The molecule has 3 rings (SSSR count). The third-order valence-electron chi connectivity index (χ3n) is 4.17. The molecule has 0 saturated carbocycles. The van der Waals surface area contributed by atoms with Crippen molar-refractivity contribution in [1.29, 1.82) is 0 Å². The second-order valence-electron chi connectivity index (χ2n) is 6.73. The molecule has 0 spiro atoms. The SMILES string of the molecule is Cc1cc(C)cc(C(=O)NCC(=O)NNC(=O)c2ccc(-c3ccc(F)cc3)s2)c1. The number of carbonyl (C=O) groups is 3. The lowest BCUT2D eigenvalue weighted by molar-refractivity contribution is -0.120. The lowest BCUT2D eigenvalue weighted by Gasteiger charge is -2.08. The topological polar surface area (TPSA) is 87.3 Å². The van der Waals surface area contributed by atoms with Crippen molar-refractivity contribution in [2.24, 2.45) is 0 Å². The summed E-state index contributed by atoms with van der Waals surface area (Å²) in [6.07, 6.45) is 0. The normalized spacial score (nSPS) is 10.4. The smallest absolute Gasteiger partial charge is 0.279 e. The number of hydrazine groups is 1. The van der Waals surface area contributed by atoms with Crippen LogP contribution in [0.25, 0.3) is 10.4 Å². The van der Waals surface area contributed by atoms with Crippen molar-refractivity contribution in [3.8, 4) is 10.4 Å². The van der Waals surface area contributed by atoms with Crippen LogP contribution in [0.1, 0.15) is 31.2 Å². The summed E-state index contributed by atoms with van der Waals surface area (Å²) in [6.45, 7) is 3.49. The zero-order valence-electron chi connectivity index (χ0n) is 16.4. The van der Waals surface area contributed by atoms with Crippen LogP contribution in [0.15, 0.2) is 54.6 Å². The summed E-state index contributed by atoms with van der Waals surface area (Å²) in [4.78, 5) is 37.5. The summed E-state index contributed by atoms with van der Waals surface area (Å²) in [5, 5.41) is 2.52. The molecule has 1 heterocycles. The average Bonchev–Trinajstić information content (AvgIpc) is 3.20. The number of hydrogen-bond acceptors (Lipinski definition) is 4. The molecule has 0 bridgehead atoms. The third kappa shape index (κ3) is 5.51. The van der Waals surface area contributed by atoms with Crippen LogP contribution in [-0.2, 0) is 4.79 Å². The number of benzene rings is 2. The van der Waals surface area contributed by atoms with E-state index in [9.17, 15) is 18.8 Å². The minimum atomic E-state index is -0.559. The molecule has 30 heavy (non-hydrogen) atoms. The standard InChI is InChI=1S/C22H20FN3O3S/c1-13-9-14(2)11-16(10-13)21(28)24-12-20(27)25-26-22(29)19-8-7-18(30-19)15-3-5-17(23)6-4-15/h3-11H,12H2,1-2H3,(H,24,28)(H,25,27)(H,26,29). The van der Waals surface area contributed by atoms with Crippen molar-refractivity contribution in [2.45, 2.75) is 13.8 Å². The van der Waals surface area contributed by atoms with Gasteiger partial charge >= 0.3 is 0 Å². The zero-order chi connectivity index (χ0) is 21.7. The number of amides is 3. The molecule has 0 fully saturated rings. The molecule has 0 atom stereocenters. The van der Waals surface area contributed by atoms with Gasteiger partial charge in [-0.1, -0.05) is 29.3 Å². The fourth-order valence-corrected chi connectivity index (χ4v) is 3.74. The van der Waals surface area contributed by atoms with Crippen LogP contribution in [0, 0.1) is 19.7 Å². The van der Waals surface area contributed by atoms with E-state index < -0.39 is 11.8 Å². The van der Waals surface area contributed by atoms with Gasteiger partial charge in [-0.3, -0.25) is 25.2 Å². The molecule has 6 nitrogen and oxygen atoms in total. The summed E-state index contributed by atoms with van der Waals surface area (Å²) in [6, 6.07) is 14.7. The second kappa shape index (κ2) is 9.32. The van der Waals surface area contributed by atoms with Crippen molar-refractivity contribution in [3.05, 3.63) is 82.0 Å². The first kappa shape index (κ1) is 21.2. The first-order valence-electron chi connectivity index (χ1n) is 9.13. The second-order valence-corrected chi connectivity index (χ2v) is 7.82. The fraction of sp³-hybridized carbons (Fsp3) is 0.136. The Bertz CT molecular complexity index is 1070. The van der Waals surface area contributed by atoms with Gasteiger partial charge in [0.1, 0.15) is 5.82 Å². The maximum atomic E-state index is 13.0. The predicted molar refractivity (Wildman–Crippen MR) is 114 cm³/mol. The zero-order valence-corrected chi connectivity index (χ0v) is 17.2. The Morgan fingerprint density at radius 3 is 2.20 bits per heavy atom. The van der Waals surface area contributed by atoms with Crippen LogP contribution in [0.3, 0.4) is 0 Å².